The second-order valence-electron chi connectivity index (χ2n) is 4.89. The molecule has 2 heterocycles. The first-order valence-electron chi connectivity index (χ1n) is 6.08. The van der Waals surface area contributed by atoms with Gasteiger partial charge < -0.3 is 15.0 Å². The fraction of sp³-hybridized carbons (Fsp3) is 0.308. The van der Waals surface area contributed by atoms with E-state index < -0.39 is 17.6 Å². The maximum absolute atomic E-state index is 12.4. The van der Waals surface area contributed by atoms with Crippen molar-refractivity contribution in [3.8, 4) is 5.75 Å². The van der Waals surface area contributed by atoms with Crippen LogP contribution in [0.25, 0.3) is 0 Å². The quantitative estimate of drug-likeness (QED) is 0.755. The van der Waals surface area contributed by atoms with Crippen molar-refractivity contribution in [2.45, 2.75) is 19.1 Å². The Bertz CT molecular complexity index is 643. The molecule has 0 spiro atoms. The molecule has 0 radical (unpaired) electrons. The Morgan fingerprint density at radius 2 is 2.05 bits per heavy atom. The zero-order chi connectivity index (χ0) is 14.5. The van der Waals surface area contributed by atoms with Gasteiger partial charge in [0.25, 0.3) is 11.8 Å². The Hall–Kier alpha value is -2.57. The van der Waals surface area contributed by atoms with Crippen molar-refractivity contribution in [3.63, 3.8) is 0 Å². The van der Waals surface area contributed by atoms with Crippen molar-refractivity contribution in [2.24, 2.45) is 0 Å². The molecule has 1 saturated heterocycles. The standard InChI is InChI=1S/C13H13N3O4/c1-13(11(18)14-12(19)15-13)16-6-7-3-4-8(20-2)5-9(7)10(16)17/h3-5H,6H2,1-2H3,(H2,14,15,18,19). The molecule has 20 heavy (non-hydrogen) atoms. The summed E-state index contributed by atoms with van der Waals surface area (Å²) in [7, 11) is 1.52. The molecule has 2 N–H and O–H groups in total. The Kier molecular flexibility index (Phi) is 2.47. The molecule has 0 aliphatic carbocycles. The van der Waals surface area contributed by atoms with Crippen LogP contribution in [0.4, 0.5) is 4.79 Å². The van der Waals surface area contributed by atoms with Gasteiger partial charge in [-0.1, -0.05) is 6.07 Å². The number of rotatable bonds is 2. The number of nitrogens with one attached hydrogen (secondary N) is 2. The third kappa shape index (κ3) is 1.56. The number of methoxy groups -OCH3 is 1. The van der Waals surface area contributed by atoms with Crippen molar-refractivity contribution >= 4 is 17.8 Å². The maximum Gasteiger partial charge on any atom is 0.323 e. The molecular formula is C13H13N3O4. The number of benzene rings is 1. The van der Waals surface area contributed by atoms with Gasteiger partial charge in [-0.25, -0.2) is 4.79 Å². The molecule has 2 aliphatic rings. The van der Waals surface area contributed by atoms with Crippen LogP contribution in [0, 0.1) is 0 Å². The Labute approximate surface area is 114 Å². The molecule has 104 valence electrons. The highest BCUT2D eigenvalue weighted by molar-refractivity contribution is 6.10. The predicted octanol–water partition coefficient (Wildman–Crippen LogP) is 0.207. The van der Waals surface area contributed by atoms with E-state index >= 15 is 0 Å². The molecule has 1 aromatic rings. The van der Waals surface area contributed by atoms with Crippen LogP contribution in [-0.4, -0.2) is 35.5 Å². The van der Waals surface area contributed by atoms with Crippen molar-refractivity contribution in [2.75, 3.05) is 7.11 Å². The average molecular weight is 275 g/mol. The first-order chi connectivity index (χ1) is 9.45. The van der Waals surface area contributed by atoms with Gasteiger partial charge in [0.05, 0.1) is 7.11 Å². The number of carbonyl (C=O) groups is 3. The number of hydrogen-bond donors (Lipinski definition) is 2. The van der Waals surface area contributed by atoms with Crippen LogP contribution >= 0.6 is 0 Å². The van der Waals surface area contributed by atoms with E-state index in [-0.39, 0.29) is 12.5 Å². The molecule has 0 bridgehead atoms. The summed E-state index contributed by atoms with van der Waals surface area (Å²) >= 11 is 0. The third-order valence-electron chi connectivity index (χ3n) is 3.69. The van der Waals surface area contributed by atoms with Crippen molar-refractivity contribution in [3.05, 3.63) is 29.3 Å². The number of fused-ring (bicyclic) bond motifs is 1. The van der Waals surface area contributed by atoms with E-state index in [4.69, 9.17) is 4.74 Å². The molecule has 3 rings (SSSR count). The van der Waals surface area contributed by atoms with E-state index in [1.54, 1.807) is 18.2 Å². The highest BCUT2D eigenvalue weighted by Gasteiger charge is 2.51. The van der Waals surface area contributed by atoms with Crippen molar-refractivity contribution in [1.29, 1.82) is 0 Å². The second kappa shape index (κ2) is 3.96. The number of ether oxygens (including phenoxy) is 1. The minimum atomic E-state index is -1.36. The lowest BCUT2D eigenvalue weighted by Gasteiger charge is -2.31. The smallest absolute Gasteiger partial charge is 0.323 e. The number of nitrogens with zero attached hydrogens (tertiary/aromatic N) is 1. The fourth-order valence-electron chi connectivity index (χ4n) is 2.49. The number of urea groups is 1. The lowest BCUT2D eigenvalue weighted by molar-refractivity contribution is -0.128. The molecule has 1 unspecified atom stereocenters. The molecule has 0 saturated carbocycles. The van der Waals surface area contributed by atoms with Crippen molar-refractivity contribution in [1.82, 2.24) is 15.5 Å². The van der Waals surface area contributed by atoms with Gasteiger partial charge in [-0.3, -0.25) is 14.9 Å². The molecule has 1 aromatic carbocycles. The number of imide groups is 1. The summed E-state index contributed by atoms with van der Waals surface area (Å²) in [6, 6.07) is 4.57. The molecule has 7 nitrogen and oxygen atoms in total. The zero-order valence-electron chi connectivity index (χ0n) is 11.0. The van der Waals surface area contributed by atoms with Crippen LogP contribution in [0.5, 0.6) is 5.75 Å². The highest BCUT2D eigenvalue weighted by atomic mass is 16.5. The molecule has 0 aromatic heterocycles. The zero-order valence-corrected chi connectivity index (χ0v) is 11.0. The Morgan fingerprint density at radius 3 is 2.65 bits per heavy atom. The summed E-state index contributed by atoms with van der Waals surface area (Å²) in [6.45, 7) is 1.77. The van der Waals surface area contributed by atoms with Gasteiger partial charge in [0.15, 0.2) is 5.66 Å². The van der Waals surface area contributed by atoms with Crippen molar-refractivity contribution < 1.29 is 19.1 Å². The van der Waals surface area contributed by atoms with E-state index in [0.717, 1.165) is 5.56 Å². The lowest BCUT2D eigenvalue weighted by Crippen LogP contribution is -2.58. The summed E-state index contributed by atoms with van der Waals surface area (Å²) < 4.78 is 5.09. The molecule has 2 aliphatic heterocycles. The summed E-state index contributed by atoms with van der Waals surface area (Å²) in [6.07, 6.45) is 0. The summed E-state index contributed by atoms with van der Waals surface area (Å²) in [5, 5.41) is 4.64. The first-order valence-corrected chi connectivity index (χ1v) is 6.08. The van der Waals surface area contributed by atoms with E-state index in [2.05, 4.69) is 10.6 Å². The molecule has 7 heteroatoms. The summed E-state index contributed by atoms with van der Waals surface area (Å²) in [5.74, 6) is -0.265. The molecular weight excluding hydrogens is 262 g/mol. The van der Waals surface area contributed by atoms with Crippen LogP contribution in [0.1, 0.15) is 22.8 Å². The summed E-state index contributed by atoms with van der Waals surface area (Å²) in [4.78, 5) is 37.0. The van der Waals surface area contributed by atoms with E-state index in [9.17, 15) is 14.4 Å². The number of hydrogen-bond acceptors (Lipinski definition) is 4. The molecule has 1 fully saturated rings. The minimum absolute atomic E-state index is 0.266. The van der Waals surface area contributed by atoms with Crippen LogP contribution in [0.2, 0.25) is 0 Å². The highest BCUT2D eigenvalue weighted by Crippen LogP contribution is 2.31. The Morgan fingerprint density at radius 1 is 1.30 bits per heavy atom. The third-order valence-corrected chi connectivity index (χ3v) is 3.69. The normalized spacial score (nSPS) is 24.5. The average Bonchev–Trinajstić information content (AvgIpc) is 2.88. The van der Waals surface area contributed by atoms with E-state index in [1.807, 2.05) is 0 Å². The molecule has 1 atom stereocenters. The van der Waals surface area contributed by atoms with Gasteiger partial charge in [-0.2, -0.15) is 0 Å². The minimum Gasteiger partial charge on any atom is -0.497 e. The second-order valence-corrected chi connectivity index (χ2v) is 4.89. The van der Waals surface area contributed by atoms with Gasteiger partial charge in [0, 0.05) is 12.1 Å². The van der Waals surface area contributed by atoms with Crippen LogP contribution in [0.3, 0.4) is 0 Å². The number of amides is 4. The fourth-order valence-corrected chi connectivity index (χ4v) is 2.49. The SMILES string of the molecule is COc1ccc2c(c1)C(=O)N(C1(C)NC(=O)NC1=O)C2. The van der Waals surface area contributed by atoms with Gasteiger partial charge >= 0.3 is 6.03 Å². The van der Waals surface area contributed by atoms with E-state index in [1.165, 1.54) is 18.9 Å². The molecule has 4 amide bonds. The lowest BCUT2D eigenvalue weighted by atomic mass is 10.1. The monoisotopic (exact) mass is 275 g/mol. The topological polar surface area (TPSA) is 87.7 Å². The van der Waals surface area contributed by atoms with Gasteiger partial charge in [0.1, 0.15) is 5.75 Å². The summed E-state index contributed by atoms with van der Waals surface area (Å²) in [5.41, 5.74) is -0.0778. The Balaban J connectivity index is 1.98. The largest absolute Gasteiger partial charge is 0.497 e. The maximum atomic E-state index is 12.4. The predicted molar refractivity (Wildman–Crippen MR) is 67.9 cm³/mol. The van der Waals surface area contributed by atoms with Crippen LogP contribution in [-0.2, 0) is 11.3 Å². The number of carbonyl (C=O) groups excluding carboxylic acids is 3. The van der Waals surface area contributed by atoms with Gasteiger partial charge in [-0.05, 0) is 24.6 Å². The van der Waals surface area contributed by atoms with Gasteiger partial charge in [0.2, 0.25) is 0 Å². The van der Waals surface area contributed by atoms with Crippen LogP contribution < -0.4 is 15.4 Å². The first kappa shape index (κ1) is 12.5. The van der Waals surface area contributed by atoms with E-state index in [0.29, 0.717) is 11.3 Å². The van der Waals surface area contributed by atoms with Gasteiger partial charge in [-0.15, -0.1) is 0 Å². The van der Waals surface area contributed by atoms with Crippen LogP contribution in [0.15, 0.2) is 18.2 Å².